The fourth-order valence-corrected chi connectivity index (χ4v) is 3.16. The molecule has 7 nitrogen and oxygen atoms in total. The molecule has 0 radical (unpaired) electrons. The number of nitrogen functional groups attached to an aromatic ring is 1. The summed E-state index contributed by atoms with van der Waals surface area (Å²) in [5, 5.41) is 3.36. The van der Waals surface area contributed by atoms with Crippen LogP contribution in [0.2, 0.25) is 0 Å². The maximum atomic E-state index is 6.23. The number of nitrogens with one attached hydrogen (secondary N) is 1. The Morgan fingerprint density at radius 2 is 1.59 bits per heavy atom. The molecule has 0 unspecified atom stereocenters. The van der Waals surface area contributed by atoms with Crippen molar-refractivity contribution < 1.29 is 18.9 Å². The molecule has 1 heterocycles. The maximum absolute atomic E-state index is 6.23. The van der Waals surface area contributed by atoms with Gasteiger partial charge in [-0.2, -0.15) is 0 Å². The Balaban J connectivity index is 1.77. The van der Waals surface area contributed by atoms with E-state index in [0.29, 0.717) is 34.4 Å². The molecule has 2 aromatic carbocycles. The smallest absolute Gasteiger partial charge is 0.203 e. The quantitative estimate of drug-likeness (QED) is 0.722. The van der Waals surface area contributed by atoms with Crippen LogP contribution < -0.4 is 30.0 Å². The zero-order valence-corrected chi connectivity index (χ0v) is 16.1. The summed E-state index contributed by atoms with van der Waals surface area (Å²) >= 11 is 0. The second kappa shape index (κ2) is 8.83. The standard InChI is InChI=1S/C20H27N3O4/c1-24-18-11-15(12-19(25-2)20(18)26-3)27-17-5-4-14(10-16(17)21)13-23-8-6-22-7-9-23/h4-5,10-12,22H,6-9,13,21H2,1-3H3. The van der Waals surface area contributed by atoms with E-state index in [1.807, 2.05) is 18.2 Å². The normalized spacial score (nSPS) is 14.6. The number of nitrogens with zero attached hydrogens (tertiary/aromatic N) is 1. The molecule has 27 heavy (non-hydrogen) atoms. The topological polar surface area (TPSA) is 78.2 Å². The number of methoxy groups -OCH3 is 3. The maximum Gasteiger partial charge on any atom is 0.203 e. The molecular weight excluding hydrogens is 346 g/mol. The van der Waals surface area contributed by atoms with Crippen molar-refractivity contribution in [3.8, 4) is 28.7 Å². The Bertz CT molecular complexity index is 751. The van der Waals surface area contributed by atoms with Gasteiger partial charge in [-0.15, -0.1) is 0 Å². The minimum absolute atomic E-state index is 0.520. The van der Waals surface area contributed by atoms with Crippen LogP contribution in [0.4, 0.5) is 5.69 Å². The van der Waals surface area contributed by atoms with Crippen LogP contribution in [0.15, 0.2) is 30.3 Å². The summed E-state index contributed by atoms with van der Waals surface area (Å²) < 4.78 is 22.0. The number of anilines is 1. The van der Waals surface area contributed by atoms with E-state index in [2.05, 4.69) is 10.2 Å². The Morgan fingerprint density at radius 1 is 0.926 bits per heavy atom. The summed E-state index contributed by atoms with van der Waals surface area (Å²) in [6, 6.07) is 9.40. The molecule has 0 aliphatic carbocycles. The van der Waals surface area contributed by atoms with E-state index in [0.717, 1.165) is 32.7 Å². The molecule has 0 aromatic heterocycles. The van der Waals surface area contributed by atoms with E-state index in [1.165, 1.54) is 5.56 Å². The Morgan fingerprint density at radius 3 is 2.15 bits per heavy atom. The van der Waals surface area contributed by atoms with Gasteiger partial charge in [0.25, 0.3) is 0 Å². The molecule has 7 heteroatoms. The van der Waals surface area contributed by atoms with Gasteiger partial charge in [0.15, 0.2) is 11.5 Å². The van der Waals surface area contributed by atoms with E-state index in [-0.39, 0.29) is 0 Å². The van der Waals surface area contributed by atoms with Crippen molar-refractivity contribution in [1.82, 2.24) is 10.2 Å². The minimum atomic E-state index is 0.520. The van der Waals surface area contributed by atoms with E-state index >= 15 is 0 Å². The van der Waals surface area contributed by atoms with Gasteiger partial charge >= 0.3 is 0 Å². The second-order valence-corrected chi connectivity index (χ2v) is 6.36. The molecule has 1 aliphatic rings. The van der Waals surface area contributed by atoms with Gasteiger partial charge in [0.05, 0.1) is 27.0 Å². The summed E-state index contributed by atoms with van der Waals surface area (Å²) in [5.74, 6) is 2.73. The van der Waals surface area contributed by atoms with Gasteiger partial charge in [-0.25, -0.2) is 0 Å². The third-order valence-corrected chi connectivity index (χ3v) is 4.56. The number of rotatable bonds is 7. The van der Waals surface area contributed by atoms with Gasteiger partial charge < -0.3 is 30.0 Å². The highest BCUT2D eigenvalue weighted by Gasteiger charge is 2.16. The van der Waals surface area contributed by atoms with Crippen molar-refractivity contribution >= 4 is 5.69 Å². The highest BCUT2D eigenvalue weighted by atomic mass is 16.5. The summed E-state index contributed by atoms with van der Waals surface area (Å²) in [6.45, 7) is 5.03. The summed E-state index contributed by atoms with van der Waals surface area (Å²) in [6.07, 6.45) is 0. The highest BCUT2D eigenvalue weighted by molar-refractivity contribution is 5.59. The predicted octanol–water partition coefficient (Wildman–Crippen LogP) is 2.49. The molecule has 2 aromatic rings. The lowest BCUT2D eigenvalue weighted by Gasteiger charge is -2.27. The van der Waals surface area contributed by atoms with Gasteiger partial charge in [0.1, 0.15) is 11.5 Å². The Kier molecular flexibility index (Phi) is 6.26. The lowest BCUT2D eigenvalue weighted by Crippen LogP contribution is -2.42. The second-order valence-electron chi connectivity index (χ2n) is 6.36. The van der Waals surface area contributed by atoms with Gasteiger partial charge in [-0.05, 0) is 17.7 Å². The molecular formula is C20H27N3O4. The van der Waals surface area contributed by atoms with Crippen molar-refractivity contribution in [2.45, 2.75) is 6.54 Å². The largest absolute Gasteiger partial charge is 0.493 e. The Labute approximate surface area is 160 Å². The number of ether oxygens (including phenoxy) is 4. The molecule has 0 bridgehead atoms. The van der Waals surface area contributed by atoms with Crippen LogP contribution in [0.5, 0.6) is 28.7 Å². The third-order valence-electron chi connectivity index (χ3n) is 4.56. The van der Waals surface area contributed by atoms with Gasteiger partial charge in [0, 0.05) is 44.9 Å². The van der Waals surface area contributed by atoms with Gasteiger partial charge in [0.2, 0.25) is 5.75 Å². The van der Waals surface area contributed by atoms with Crippen molar-refractivity contribution in [2.24, 2.45) is 0 Å². The molecule has 1 saturated heterocycles. The molecule has 0 amide bonds. The van der Waals surface area contributed by atoms with Gasteiger partial charge in [-0.1, -0.05) is 6.07 Å². The molecule has 0 saturated carbocycles. The van der Waals surface area contributed by atoms with E-state index < -0.39 is 0 Å². The van der Waals surface area contributed by atoms with Crippen molar-refractivity contribution in [1.29, 1.82) is 0 Å². The fourth-order valence-electron chi connectivity index (χ4n) is 3.16. The van der Waals surface area contributed by atoms with E-state index in [4.69, 9.17) is 24.7 Å². The molecule has 3 rings (SSSR count). The number of hydrogen-bond donors (Lipinski definition) is 2. The summed E-state index contributed by atoms with van der Waals surface area (Å²) in [5.41, 5.74) is 8.00. The number of hydrogen-bond acceptors (Lipinski definition) is 7. The SMILES string of the molecule is COc1cc(Oc2ccc(CN3CCNCC3)cc2N)cc(OC)c1OC. The first-order chi connectivity index (χ1) is 13.1. The van der Waals surface area contributed by atoms with Crippen LogP contribution in [0.25, 0.3) is 0 Å². The van der Waals surface area contributed by atoms with Crippen molar-refractivity contribution in [3.63, 3.8) is 0 Å². The summed E-state index contributed by atoms with van der Waals surface area (Å²) in [4.78, 5) is 2.41. The molecule has 3 N–H and O–H groups in total. The van der Waals surface area contributed by atoms with E-state index in [1.54, 1.807) is 33.5 Å². The monoisotopic (exact) mass is 373 g/mol. The lowest BCUT2D eigenvalue weighted by atomic mass is 10.1. The minimum Gasteiger partial charge on any atom is -0.493 e. The number of nitrogens with two attached hydrogens (primary N) is 1. The molecule has 1 fully saturated rings. The first-order valence-electron chi connectivity index (χ1n) is 8.94. The highest BCUT2D eigenvalue weighted by Crippen LogP contribution is 2.42. The fraction of sp³-hybridized carbons (Fsp3) is 0.400. The molecule has 0 spiro atoms. The van der Waals surface area contributed by atoms with Crippen LogP contribution in [-0.2, 0) is 6.54 Å². The van der Waals surface area contributed by atoms with Crippen LogP contribution in [-0.4, -0.2) is 52.4 Å². The number of benzene rings is 2. The van der Waals surface area contributed by atoms with Gasteiger partial charge in [-0.3, -0.25) is 4.90 Å². The van der Waals surface area contributed by atoms with Crippen LogP contribution in [0, 0.1) is 0 Å². The first kappa shape index (κ1) is 19.1. The molecule has 1 aliphatic heterocycles. The zero-order valence-electron chi connectivity index (χ0n) is 16.1. The van der Waals surface area contributed by atoms with E-state index in [9.17, 15) is 0 Å². The van der Waals surface area contributed by atoms with Crippen LogP contribution >= 0.6 is 0 Å². The first-order valence-corrected chi connectivity index (χ1v) is 8.94. The molecule has 0 atom stereocenters. The van der Waals surface area contributed by atoms with Crippen molar-refractivity contribution in [3.05, 3.63) is 35.9 Å². The average molecular weight is 373 g/mol. The molecule has 146 valence electrons. The van der Waals surface area contributed by atoms with Crippen LogP contribution in [0.1, 0.15) is 5.56 Å². The number of piperazine rings is 1. The van der Waals surface area contributed by atoms with Crippen LogP contribution in [0.3, 0.4) is 0 Å². The summed E-state index contributed by atoms with van der Waals surface area (Å²) in [7, 11) is 4.71. The lowest BCUT2D eigenvalue weighted by molar-refractivity contribution is 0.233. The average Bonchev–Trinajstić information content (AvgIpc) is 2.70. The zero-order chi connectivity index (χ0) is 19.2. The van der Waals surface area contributed by atoms with Crippen molar-refractivity contribution in [2.75, 3.05) is 53.2 Å². The Hall–Kier alpha value is -2.64. The predicted molar refractivity (Wildman–Crippen MR) is 105 cm³/mol. The third kappa shape index (κ3) is 4.56.